The molecule has 0 aliphatic carbocycles. The van der Waals surface area contributed by atoms with E-state index in [4.69, 9.17) is 4.74 Å². The van der Waals surface area contributed by atoms with Crippen molar-refractivity contribution in [3.8, 4) is 11.4 Å². The molecule has 1 aromatic heterocycles. The van der Waals surface area contributed by atoms with Gasteiger partial charge in [0.2, 0.25) is 0 Å². The van der Waals surface area contributed by atoms with Crippen molar-refractivity contribution in [2.75, 3.05) is 0 Å². The smallest absolute Gasteiger partial charge is 0.368 e. The predicted molar refractivity (Wildman–Crippen MR) is 85.0 cm³/mol. The fourth-order valence-corrected chi connectivity index (χ4v) is 2.54. The van der Waals surface area contributed by atoms with Crippen LogP contribution in [-0.4, -0.2) is 19.8 Å². The number of nitrogens with zero attached hydrogens (tertiary/aromatic N) is 4. The van der Waals surface area contributed by atoms with E-state index in [1.807, 2.05) is 6.07 Å². The minimum Gasteiger partial charge on any atom is -0.486 e. The van der Waals surface area contributed by atoms with Gasteiger partial charge in [0.05, 0.1) is 5.69 Å². The SMILES string of the molecule is Cn1nnn(-c2cccc(Br)c2COc2ccccc2F)c1=O. The lowest BCUT2D eigenvalue weighted by Crippen LogP contribution is -2.23. The van der Waals surface area contributed by atoms with Crippen LogP contribution in [-0.2, 0) is 13.7 Å². The molecule has 2 aromatic carbocycles. The molecule has 3 aromatic rings. The highest BCUT2D eigenvalue weighted by Crippen LogP contribution is 2.25. The molecule has 0 aliphatic rings. The molecule has 0 saturated heterocycles. The van der Waals surface area contributed by atoms with E-state index in [0.717, 1.165) is 9.15 Å². The maximum atomic E-state index is 13.7. The van der Waals surface area contributed by atoms with Crippen molar-refractivity contribution in [3.63, 3.8) is 0 Å². The van der Waals surface area contributed by atoms with Crippen molar-refractivity contribution in [2.45, 2.75) is 6.61 Å². The van der Waals surface area contributed by atoms with Gasteiger partial charge < -0.3 is 4.74 Å². The summed E-state index contributed by atoms with van der Waals surface area (Å²) in [5.41, 5.74) is 0.808. The van der Waals surface area contributed by atoms with Crippen LogP contribution in [0.4, 0.5) is 4.39 Å². The van der Waals surface area contributed by atoms with Crippen LogP contribution in [0.2, 0.25) is 0 Å². The van der Waals surface area contributed by atoms with Gasteiger partial charge in [0.15, 0.2) is 11.6 Å². The molecule has 0 fully saturated rings. The van der Waals surface area contributed by atoms with E-state index in [1.165, 1.54) is 17.8 Å². The summed E-state index contributed by atoms with van der Waals surface area (Å²) in [7, 11) is 1.51. The second-order valence-electron chi connectivity index (χ2n) is 4.75. The van der Waals surface area contributed by atoms with E-state index in [2.05, 4.69) is 26.4 Å². The van der Waals surface area contributed by atoms with Crippen molar-refractivity contribution < 1.29 is 9.13 Å². The van der Waals surface area contributed by atoms with Gasteiger partial charge in [-0.2, -0.15) is 9.36 Å². The maximum Gasteiger partial charge on any atom is 0.368 e. The third-order valence-electron chi connectivity index (χ3n) is 3.25. The maximum absolute atomic E-state index is 13.7. The molecule has 8 heteroatoms. The Morgan fingerprint density at radius 2 is 1.96 bits per heavy atom. The number of benzene rings is 2. The Morgan fingerprint density at radius 3 is 2.65 bits per heavy atom. The van der Waals surface area contributed by atoms with E-state index in [9.17, 15) is 9.18 Å². The lowest BCUT2D eigenvalue weighted by Gasteiger charge is -2.12. The number of hydrogen-bond donors (Lipinski definition) is 0. The first-order valence-corrected chi connectivity index (χ1v) is 7.51. The van der Waals surface area contributed by atoms with E-state index in [1.54, 1.807) is 30.3 Å². The number of aromatic nitrogens is 4. The Labute approximate surface area is 139 Å². The second kappa shape index (κ2) is 6.33. The van der Waals surface area contributed by atoms with Crippen LogP contribution in [0.3, 0.4) is 0 Å². The summed E-state index contributed by atoms with van der Waals surface area (Å²) in [5, 5.41) is 7.52. The van der Waals surface area contributed by atoms with Crippen LogP contribution in [0.5, 0.6) is 5.75 Å². The van der Waals surface area contributed by atoms with Gasteiger partial charge in [-0.05, 0) is 34.7 Å². The van der Waals surface area contributed by atoms with Crippen molar-refractivity contribution in [3.05, 3.63) is 68.8 Å². The number of rotatable bonds is 4. The molecule has 23 heavy (non-hydrogen) atoms. The Morgan fingerprint density at radius 1 is 1.17 bits per heavy atom. The summed E-state index contributed by atoms with van der Waals surface area (Å²) in [5.74, 6) is -0.307. The standard InChI is InChI=1S/C15H12BrFN4O2/c1-20-15(22)21(19-18-20)13-7-4-5-11(16)10(13)9-23-14-8-3-2-6-12(14)17/h2-8H,9H2,1H3. The van der Waals surface area contributed by atoms with Gasteiger partial charge in [-0.25, -0.2) is 9.18 Å². The Bertz CT molecular complexity index is 906. The summed E-state index contributed by atoms with van der Waals surface area (Å²) < 4.78 is 22.2. The van der Waals surface area contributed by atoms with E-state index < -0.39 is 5.82 Å². The van der Waals surface area contributed by atoms with E-state index in [-0.39, 0.29) is 18.0 Å². The Hall–Kier alpha value is -2.48. The summed E-state index contributed by atoms with van der Waals surface area (Å²) in [6, 6.07) is 11.4. The van der Waals surface area contributed by atoms with Crippen molar-refractivity contribution in [2.24, 2.45) is 7.05 Å². The normalized spacial score (nSPS) is 10.7. The average Bonchev–Trinajstić information content (AvgIpc) is 2.87. The number of aryl methyl sites for hydroxylation is 1. The highest BCUT2D eigenvalue weighted by molar-refractivity contribution is 9.10. The quantitative estimate of drug-likeness (QED) is 0.699. The molecular weight excluding hydrogens is 367 g/mol. The first-order valence-electron chi connectivity index (χ1n) is 6.72. The lowest BCUT2D eigenvalue weighted by molar-refractivity contribution is 0.289. The molecule has 0 saturated carbocycles. The first-order chi connectivity index (χ1) is 11.1. The minimum atomic E-state index is -0.447. The van der Waals surface area contributed by atoms with Gasteiger partial charge in [-0.15, -0.1) is 0 Å². The average molecular weight is 379 g/mol. The summed E-state index contributed by atoms with van der Waals surface area (Å²) in [6.45, 7) is 0.0701. The number of para-hydroxylation sites is 1. The zero-order chi connectivity index (χ0) is 16.4. The number of tetrazole rings is 1. The molecular formula is C15H12BrFN4O2. The molecule has 118 valence electrons. The Kier molecular flexibility index (Phi) is 4.24. The molecule has 3 rings (SSSR count). The highest BCUT2D eigenvalue weighted by atomic mass is 79.9. The van der Waals surface area contributed by atoms with Gasteiger partial charge in [-0.3, -0.25) is 0 Å². The van der Waals surface area contributed by atoms with Gasteiger partial charge in [0.1, 0.15) is 6.61 Å². The third-order valence-corrected chi connectivity index (χ3v) is 4.00. The molecule has 1 heterocycles. The van der Waals surface area contributed by atoms with E-state index in [0.29, 0.717) is 11.3 Å². The zero-order valence-corrected chi connectivity index (χ0v) is 13.7. The molecule has 0 unspecified atom stereocenters. The summed E-state index contributed by atoms with van der Waals surface area (Å²) >= 11 is 3.42. The second-order valence-corrected chi connectivity index (χ2v) is 5.61. The van der Waals surface area contributed by atoms with Crippen LogP contribution in [0.1, 0.15) is 5.56 Å². The van der Waals surface area contributed by atoms with Crippen LogP contribution >= 0.6 is 15.9 Å². The monoisotopic (exact) mass is 378 g/mol. The van der Waals surface area contributed by atoms with Crippen LogP contribution < -0.4 is 10.4 Å². The fraction of sp³-hybridized carbons (Fsp3) is 0.133. The van der Waals surface area contributed by atoms with Crippen molar-refractivity contribution in [1.29, 1.82) is 0 Å². The largest absolute Gasteiger partial charge is 0.486 e. The van der Waals surface area contributed by atoms with E-state index >= 15 is 0 Å². The summed E-state index contributed by atoms with van der Waals surface area (Å²) in [6.07, 6.45) is 0. The van der Waals surface area contributed by atoms with Crippen LogP contribution in [0.25, 0.3) is 5.69 Å². The Balaban J connectivity index is 1.98. The molecule has 0 amide bonds. The van der Waals surface area contributed by atoms with Crippen molar-refractivity contribution >= 4 is 15.9 Å². The van der Waals surface area contributed by atoms with Gasteiger partial charge in [0.25, 0.3) is 0 Å². The van der Waals surface area contributed by atoms with Gasteiger partial charge in [0, 0.05) is 17.1 Å². The van der Waals surface area contributed by atoms with Gasteiger partial charge >= 0.3 is 5.69 Å². The van der Waals surface area contributed by atoms with Crippen LogP contribution in [0, 0.1) is 5.82 Å². The van der Waals surface area contributed by atoms with Crippen molar-refractivity contribution in [1.82, 2.24) is 19.8 Å². The molecule has 6 nitrogen and oxygen atoms in total. The van der Waals surface area contributed by atoms with Gasteiger partial charge in [-0.1, -0.05) is 34.1 Å². The number of ether oxygens (including phenoxy) is 1. The molecule has 0 aliphatic heterocycles. The molecule has 0 bridgehead atoms. The topological polar surface area (TPSA) is 61.9 Å². The summed E-state index contributed by atoms with van der Waals surface area (Å²) in [4.78, 5) is 12.0. The first kappa shape index (κ1) is 15.4. The molecule has 0 atom stereocenters. The molecule has 0 N–H and O–H groups in total. The molecule has 0 radical (unpaired) electrons. The highest BCUT2D eigenvalue weighted by Gasteiger charge is 2.14. The fourth-order valence-electron chi connectivity index (χ4n) is 2.07. The lowest BCUT2D eigenvalue weighted by atomic mass is 10.2. The third kappa shape index (κ3) is 3.02. The number of halogens is 2. The van der Waals surface area contributed by atoms with Crippen LogP contribution in [0.15, 0.2) is 51.7 Å². The minimum absolute atomic E-state index is 0.0701. The predicted octanol–water partition coefficient (Wildman–Crippen LogP) is 2.45. The molecule has 0 spiro atoms. The number of hydrogen-bond acceptors (Lipinski definition) is 4. The zero-order valence-electron chi connectivity index (χ0n) is 12.1.